The van der Waals surface area contributed by atoms with Gasteiger partial charge in [-0.05, 0) is 24.3 Å². The van der Waals surface area contributed by atoms with Gasteiger partial charge in [-0.2, -0.15) is 8.78 Å². The largest absolute Gasteiger partial charge is 0.436 e. The Labute approximate surface area is 142 Å². The molecule has 0 spiro atoms. The Kier molecular flexibility index (Phi) is 4.83. The molecule has 0 saturated heterocycles. The van der Waals surface area contributed by atoms with Crippen molar-refractivity contribution in [3.63, 3.8) is 0 Å². The van der Waals surface area contributed by atoms with Gasteiger partial charge in [0, 0.05) is 36.4 Å². The molecule has 0 fully saturated rings. The van der Waals surface area contributed by atoms with Crippen molar-refractivity contribution in [3.8, 4) is 17.3 Å². The number of ether oxygens (including phenoxy) is 1. The number of pyridine rings is 1. The Morgan fingerprint density at radius 2 is 2.08 bits per heavy atom. The highest BCUT2D eigenvalue weighted by Crippen LogP contribution is 2.44. The van der Waals surface area contributed by atoms with E-state index in [1.807, 2.05) is 0 Å². The van der Waals surface area contributed by atoms with Gasteiger partial charge in [-0.25, -0.2) is 9.97 Å². The summed E-state index contributed by atoms with van der Waals surface area (Å²) in [5, 5.41) is 0.532. The minimum atomic E-state index is -2.97. The first-order valence-corrected chi connectivity index (χ1v) is 9.23. The van der Waals surface area contributed by atoms with E-state index in [0.29, 0.717) is 28.1 Å². The number of halogens is 2. The Morgan fingerprint density at radius 1 is 1.28 bits per heavy atom. The van der Waals surface area contributed by atoms with Gasteiger partial charge in [0.1, 0.15) is 5.52 Å². The van der Waals surface area contributed by atoms with Crippen molar-refractivity contribution in [2.24, 2.45) is 0 Å². The van der Waals surface area contributed by atoms with Gasteiger partial charge in [0.05, 0.1) is 0 Å². The molecular formula is C16H15F2N2O4P. The molecule has 3 rings (SSSR count). The summed E-state index contributed by atoms with van der Waals surface area (Å²) in [6, 6.07) is 7.86. The zero-order valence-corrected chi connectivity index (χ0v) is 14.4. The molecule has 0 radical (unpaired) electrons. The molecular weight excluding hydrogens is 353 g/mol. The van der Waals surface area contributed by atoms with E-state index in [-0.39, 0.29) is 11.8 Å². The van der Waals surface area contributed by atoms with Crippen LogP contribution in [0.25, 0.3) is 22.6 Å². The van der Waals surface area contributed by atoms with Crippen molar-refractivity contribution in [1.82, 2.24) is 9.97 Å². The highest BCUT2D eigenvalue weighted by molar-refractivity contribution is 7.66. The van der Waals surface area contributed by atoms with Gasteiger partial charge >= 0.3 is 6.61 Å². The maximum atomic E-state index is 12.6. The number of rotatable bonds is 6. The normalized spacial score (nSPS) is 14.0. The molecule has 6 nitrogen and oxygen atoms in total. The minimum absolute atomic E-state index is 0.220. The third kappa shape index (κ3) is 3.55. The zero-order valence-electron chi connectivity index (χ0n) is 13.5. The van der Waals surface area contributed by atoms with Crippen LogP contribution < -0.4 is 10.0 Å². The molecule has 2 aromatic heterocycles. The van der Waals surface area contributed by atoms with E-state index in [4.69, 9.17) is 8.94 Å². The Bertz CT molecular complexity index is 937. The molecule has 0 aliphatic carbocycles. The predicted molar refractivity (Wildman–Crippen MR) is 88.7 cm³/mol. The number of alkyl halides is 2. The lowest BCUT2D eigenvalue weighted by Gasteiger charge is -2.13. The fourth-order valence-corrected chi connectivity index (χ4v) is 3.81. The van der Waals surface area contributed by atoms with Gasteiger partial charge in [0.25, 0.3) is 0 Å². The molecule has 1 unspecified atom stereocenters. The molecule has 0 aliphatic heterocycles. The summed E-state index contributed by atoms with van der Waals surface area (Å²) in [4.78, 5) is 8.01. The van der Waals surface area contributed by atoms with E-state index in [2.05, 4.69) is 14.7 Å². The van der Waals surface area contributed by atoms with Crippen molar-refractivity contribution in [2.75, 3.05) is 13.3 Å². The van der Waals surface area contributed by atoms with Gasteiger partial charge in [-0.1, -0.05) is 6.92 Å². The Balaban J connectivity index is 2.01. The van der Waals surface area contributed by atoms with Crippen LogP contribution in [0.4, 0.5) is 8.78 Å². The van der Waals surface area contributed by atoms with Crippen LogP contribution in [-0.2, 0) is 9.09 Å². The molecule has 0 N–H and O–H groups in total. The molecule has 2 heterocycles. The van der Waals surface area contributed by atoms with E-state index in [9.17, 15) is 13.3 Å². The fourth-order valence-electron chi connectivity index (χ4n) is 2.36. The second kappa shape index (κ2) is 6.90. The SMILES string of the molecule is CCP(=O)(OC)c1ccc2nc(-c3ccnc(OC(F)F)c3)oc2c1. The van der Waals surface area contributed by atoms with Gasteiger partial charge in [-0.3, -0.25) is 4.57 Å². The van der Waals surface area contributed by atoms with E-state index in [1.165, 1.54) is 19.4 Å². The maximum Gasteiger partial charge on any atom is 0.388 e. The summed E-state index contributed by atoms with van der Waals surface area (Å²) in [6.45, 7) is -1.19. The number of hydrogen-bond donors (Lipinski definition) is 0. The number of hydrogen-bond acceptors (Lipinski definition) is 6. The van der Waals surface area contributed by atoms with Crippen LogP contribution in [0.1, 0.15) is 6.92 Å². The standard InChI is InChI=1S/C16H15F2N2O4P/c1-3-25(21,22-2)11-4-5-12-13(9-11)23-15(20-12)10-6-7-19-14(8-10)24-16(17)18/h4-9,16H,3H2,1-2H3. The molecule has 132 valence electrons. The van der Waals surface area contributed by atoms with Crippen LogP contribution in [0.3, 0.4) is 0 Å². The number of fused-ring (bicyclic) bond motifs is 1. The monoisotopic (exact) mass is 368 g/mol. The first-order valence-electron chi connectivity index (χ1n) is 7.42. The second-order valence-corrected chi connectivity index (χ2v) is 7.97. The zero-order chi connectivity index (χ0) is 18.0. The van der Waals surface area contributed by atoms with Crippen LogP contribution in [0.15, 0.2) is 40.9 Å². The quantitative estimate of drug-likeness (QED) is 0.611. The van der Waals surface area contributed by atoms with Crippen LogP contribution >= 0.6 is 7.37 Å². The van der Waals surface area contributed by atoms with E-state index >= 15 is 0 Å². The Morgan fingerprint density at radius 3 is 2.76 bits per heavy atom. The van der Waals surface area contributed by atoms with Gasteiger partial charge in [-0.15, -0.1) is 0 Å². The maximum absolute atomic E-state index is 12.6. The smallest absolute Gasteiger partial charge is 0.388 e. The molecule has 0 aliphatic rings. The number of oxazole rings is 1. The minimum Gasteiger partial charge on any atom is -0.436 e. The summed E-state index contributed by atoms with van der Waals surface area (Å²) in [5.74, 6) is -0.0114. The van der Waals surface area contributed by atoms with Crippen LogP contribution in [0.2, 0.25) is 0 Å². The summed E-state index contributed by atoms with van der Waals surface area (Å²) >= 11 is 0. The molecule has 0 bridgehead atoms. The van der Waals surface area contributed by atoms with Crippen molar-refractivity contribution >= 4 is 23.8 Å². The van der Waals surface area contributed by atoms with Crippen molar-refractivity contribution in [3.05, 3.63) is 36.5 Å². The Hall–Kier alpha value is -2.31. The van der Waals surface area contributed by atoms with Gasteiger partial charge < -0.3 is 13.7 Å². The van der Waals surface area contributed by atoms with E-state index in [0.717, 1.165) is 0 Å². The lowest BCUT2D eigenvalue weighted by molar-refractivity contribution is -0.0528. The molecule has 9 heteroatoms. The molecule has 1 atom stereocenters. The van der Waals surface area contributed by atoms with Crippen molar-refractivity contribution in [2.45, 2.75) is 13.5 Å². The third-order valence-electron chi connectivity index (χ3n) is 3.67. The fraction of sp³-hybridized carbons (Fsp3) is 0.250. The molecule has 25 heavy (non-hydrogen) atoms. The number of nitrogens with zero attached hydrogens (tertiary/aromatic N) is 2. The molecule has 0 amide bonds. The first-order chi connectivity index (χ1) is 11.9. The summed E-state index contributed by atoms with van der Waals surface area (Å²) in [7, 11) is -1.52. The highest BCUT2D eigenvalue weighted by Gasteiger charge is 2.23. The molecule has 3 aromatic rings. The highest BCUT2D eigenvalue weighted by atomic mass is 31.2. The number of aromatic nitrogens is 2. The van der Waals surface area contributed by atoms with Crippen molar-refractivity contribution in [1.29, 1.82) is 0 Å². The van der Waals surface area contributed by atoms with Gasteiger partial charge in [0.15, 0.2) is 5.58 Å². The summed E-state index contributed by atoms with van der Waals surface area (Å²) in [6.07, 6.45) is 1.68. The van der Waals surface area contributed by atoms with Crippen LogP contribution in [0, 0.1) is 0 Å². The number of benzene rings is 1. The first kappa shape index (κ1) is 17.5. The van der Waals surface area contributed by atoms with Crippen LogP contribution in [-0.4, -0.2) is 29.9 Å². The third-order valence-corrected chi connectivity index (χ3v) is 6.16. The summed E-state index contributed by atoms with van der Waals surface area (Å²) < 4.78 is 52.4. The lowest BCUT2D eigenvalue weighted by atomic mass is 10.2. The average Bonchev–Trinajstić information content (AvgIpc) is 3.04. The average molecular weight is 368 g/mol. The lowest BCUT2D eigenvalue weighted by Crippen LogP contribution is -2.07. The second-order valence-electron chi connectivity index (χ2n) is 5.10. The molecule has 1 aromatic carbocycles. The van der Waals surface area contributed by atoms with E-state index in [1.54, 1.807) is 31.2 Å². The van der Waals surface area contributed by atoms with E-state index < -0.39 is 14.0 Å². The van der Waals surface area contributed by atoms with Crippen LogP contribution in [0.5, 0.6) is 5.88 Å². The predicted octanol–water partition coefficient (Wildman–Crippen LogP) is 4.06. The van der Waals surface area contributed by atoms with Crippen molar-refractivity contribution < 1.29 is 27.0 Å². The summed E-state index contributed by atoms with van der Waals surface area (Å²) in [5.41, 5.74) is 1.41. The molecule has 0 saturated carbocycles. The van der Waals surface area contributed by atoms with Gasteiger partial charge in [0.2, 0.25) is 19.1 Å². The topological polar surface area (TPSA) is 74.5 Å².